The van der Waals surface area contributed by atoms with Crippen LogP contribution >= 0.6 is 47.4 Å². The maximum Gasteiger partial charge on any atom is 0.257 e. The fourth-order valence-electron chi connectivity index (χ4n) is 1.47. The van der Waals surface area contributed by atoms with E-state index in [1.807, 2.05) is 0 Å². The Labute approximate surface area is 131 Å². The van der Waals surface area contributed by atoms with Gasteiger partial charge in [0, 0.05) is 9.92 Å². The molecule has 0 heterocycles. The van der Waals surface area contributed by atoms with Crippen molar-refractivity contribution in [1.82, 2.24) is 0 Å². The number of hydrogen-bond acceptors (Lipinski definition) is 2. The Morgan fingerprint density at radius 1 is 1.00 bits per heavy atom. The molecular weight excluding hydrogens is 325 g/mol. The SMILES string of the molecule is O=C(Nc1cc(Cl)ccc1Cl)c1cc(S)ccc1Cl. The number of halogens is 3. The minimum atomic E-state index is -0.370. The summed E-state index contributed by atoms with van der Waals surface area (Å²) in [5, 5.41) is 3.88. The topological polar surface area (TPSA) is 29.1 Å². The second-order valence-corrected chi connectivity index (χ2v) is 5.51. The summed E-state index contributed by atoms with van der Waals surface area (Å²) in [5.41, 5.74) is 0.755. The highest BCUT2D eigenvalue weighted by Crippen LogP contribution is 2.27. The smallest absolute Gasteiger partial charge is 0.257 e. The van der Waals surface area contributed by atoms with Gasteiger partial charge < -0.3 is 5.32 Å². The Bertz CT molecular complexity index is 646. The van der Waals surface area contributed by atoms with E-state index in [2.05, 4.69) is 17.9 Å². The third-order valence-corrected chi connectivity index (χ3v) is 3.54. The molecule has 0 bridgehead atoms. The van der Waals surface area contributed by atoms with Crippen molar-refractivity contribution in [2.24, 2.45) is 0 Å². The van der Waals surface area contributed by atoms with Crippen molar-refractivity contribution < 1.29 is 4.79 Å². The van der Waals surface area contributed by atoms with Crippen molar-refractivity contribution in [2.75, 3.05) is 5.32 Å². The monoisotopic (exact) mass is 331 g/mol. The molecule has 2 aromatic carbocycles. The molecule has 19 heavy (non-hydrogen) atoms. The van der Waals surface area contributed by atoms with Gasteiger partial charge in [-0.2, -0.15) is 0 Å². The molecule has 0 unspecified atom stereocenters. The lowest BCUT2D eigenvalue weighted by atomic mass is 10.2. The number of benzene rings is 2. The fraction of sp³-hybridized carbons (Fsp3) is 0. The molecular formula is C13H8Cl3NOS. The molecule has 98 valence electrons. The fourth-order valence-corrected chi connectivity index (χ4v) is 2.21. The first-order chi connectivity index (χ1) is 8.97. The van der Waals surface area contributed by atoms with Gasteiger partial charge in [-0.3, -0.25) is 4.79 Å². The van der Waals surface area contributed by atoms with Crippen molar-refractivity contribution in [3.8, 4) is 0 Å². The molecule has 0 saturated carbocycles. The van der Waals surface area contributed by atoms with E-state index in [0.29, 0.717) is 31.2 Å². The van der Waals surface area contributed by atoms with Gasteiger partial charge in [0.2, 0.25) is 0 Å². The third-order valence-electron chi connectivity index (χ3n) is 2.37. The van der Waals surface area contributed by atoms with E-state index in [1.165, 1.54) is 0 Å². The molecule has 6 heteroatoms. The predicted molar refractivity (Wildman–Crippen MR) is 83.1 cm³/mol. The number of nitrogens with one attached hydrogen (secondary N) is 1. The van der Waals surface area contributed by atoms with Crippen LogP contribution in [0.2, 0.25) is 15.1 Å². The quantitative estimate of drug-likeness (QED) is 0.728. The van der Waals surface area contributed by atoms with Gasteiger partial charge in [-0.1, -0.05) is 34.8 Å². The van der Waals surface area contributed by atoms with Crippen LogP contribution in [0.25, 0.3) is 0 Å². The molecule has 0 aliphatic carbocycles. The normalized spacial score (nSPS) is 10.3. The maximum absolute atomic E-state index is 12.1. The van der Waals surface area contributed by atoms with Crippen LogP contribution in [0.3, 0.4) is 0 Å². The van der Waals surface area contributed by atoms with Crippen LogP contribution in [0.5, 0.6) is 0 Å². The van der Waals surface area contributed by atoms with Gasteiger partial charge in [-0.15, -0.1) is 12.6 Å². The van der Waals surface area contributed by atoms with E-state index in [1.54, 1.807) is 36.4 Å². The highest BCUT2D eigenvalue weighted by molar-refractivity contribution is 7.80. The van der Waals surface area contributed by atoms with E-state index in [9.17, 15) is 4.79 Å². The average molecular weight is 333 g/mol. The van der Waals surface area contributed by atoms with Crippen LogP contribution in [0.1, 0.15) is 10.4 Å². The summed E-state index contributed by atoms with van der Waals surface area (Å²) in [5.74, 6) is -0.370. The summed E-state index contributed by atoms with van der Waals surface area (Å²) in [7, 11) is 0. The van der Waals surface area contributed by atoms with Crippen LogP contribution in [0.15, 0.2) is 41.3 Å². The van der Waals surface area contributed by atoms with Gasteiger partial charge >= 0.3 is 0 Å². The minimum absolute atomic E-state index is 0.324. The number of rotatable bonds is 2. The van der Waals surface area contributed by atoms with Crippen LogP contribution in [-0.4, -0.2) is 5.91 Å². The maximum atomic E-state index is 12.1. The Morgan fingerprint density at radius 3 is 2.42 bits per heavy atom. The molecule has 0 aliphatic heterocycles. The predicted octanol–water partition coefficient (Wildman–Crippen LogP) is 5.19. The molecule has 0 aromatic heterocycles. The first kappa shape index (κ1) is 14.5. The average Bonchev–Trinajstić information content (AvgIpc) is 2.36. The highest BCUT2D eigenvalue weighted by atomic mass is 35.5. The van der Waals surface area contributed by atoms with E-state index in [0.717, 1.165) is 0 Å². The van der Waals surface area contributed by atoms with Crippen molar-refractivity contribution >= 4 is 59.0 Å². The van der Waals surface area contributed by atoms with E-state index in [-0.39, 0.29) is 5.91 Å². The van der Waals surface area contributed by atoms with Gasteiger partial charge in [-0.05, 0) is 36.4 Å². The summed E-state index contributed by atoms with van der Waals surface area (Å²) >= 11 is 22.0. The van der Waals surface area contributed by atoms with Crippen molar-refractivity contribution in [3.63, 3.8) is 0 Å². The molecule has 0 radical (unpaired) electrons. The minimum Gasteiger partial charge on any atom is -0.321 e. The molecule has 0 aliphatic rings. The number of amides is 1. The zero-order valence-corrected chi connectivity index (χ0v) is 12.6. The number of carbonyl (C=O) groups excluding carboxylic acids is 1. The van der Waals surface area contributed by atoms with E-state index in [4.69, 9.17) is 34.8 Å². The number of thiol groups is 1. The summed E-state index contributed by atoms with van der Waals surface area (Å²) in [6.45, 7) is 0. The number of anilines is 1. The summed E-state index contributed by atoms with van der Waals surface area (Å²) in [6.07, 6.45) is 0. The van der Waals surface area contributed by atoms with Crippen LogP contribution in [0.4, 0.5) is 5.69 Å². The second-order valence-electron chi connectivity index (χ2n) is 3.74. The zero-order chi connectivity index (χ0) is 14.0. The molecule has 0 saturated heterocycles. The number of hydrogen-bond donors (Lipinski definition) is 2. The van der Waals surface area contributed by atoms with Crippen molar-refractivity contribution in [2.45, 2.75) is 4.90 Å². The molecule has 1 amide bonds. The van der Waals surface area contributed by atoms with Crippen molar-refractivity contribution in [3.05, 3.63) is 57.0 Å². The van der Waals surface area contributed by atoms with Crippen LogP contribution in [0, 0.1) is 0 Å². The Balaban J connectivity index is 2.30. The van der Waals surface area contributed by atoms with Gasteiger partial charge in [0.15, 0.2) is 0 Å². The Hall–Kier alpha value is -0.870. The Kier molecular flexibility index (Phi) is 4.63. The lowest BCUT2D eigenvalue weighted by Gasteiger charge is -2.09. The van der Waals surface area contributed by atoms with Gasteiger partial charge in [-0.25, -0.2) is 0 Å². The summed E-state index contributed by atoms with van der Waals surface area (Å²) in [6, 6.07) is 9.71. The van der Waals surface area contributed by atoms with Crippen LogP contribution in [-0.2, 0) is 0 Å². The van der Waals surface area contributed by atoms with E-state index >= 15 is 0 Å². The molecule has 0 fully saturated rings. The van der Waals surface area contributed by atoms with Crippen LogP contribution < -0.4 is 5.32 Å². The van der Waals surface area contributed by atoms with Gasteiger partial charge in [0.25, 0.3) is 5.91 Å². The zero-order valence-electron chi connectivity index (χ0n) is 9.45. The second kappa shape index (κ2) is 6.06. The molecule has 1 N–H and O–H groups in total. The lowest BCUT2D eigenvalue weighted by Crippen LogP contribution is -2.12. The first-order valence-corrected chi connectivity index (χ1v) is 6.80. The van der Waals surface area contributed by atoms with E-state index < -0.39 is 0 Å². The molecule has 0 atom stereocenters. The third kappa shape index (κ3) is 3.57. The summed E-state index contributed by atoms with van der Waals surface area (Å²) < 4.78 is 0. The molecule has 2 aromatic rings. The standard InChI is InChI=1S/C13H8Cl3NOS/c14-7-1-3-11(16)12(5-7)17-13(18)9-6-8(19)2-4-10(9)15/h1-6,19H,(H,17,18). The summed E-state index contributed by atoms with van der Waals surface area (Å²) in [4.78, 5) is 12.8. The Morgan fingerprint density at radius 2 is 1.68 bits per heavy atom. The van der Waals surface area contributed by atoms with Gasteiger partial charge in [0.1, 0.15) is 0 Å². The lowest BCUT2D eigenvalue weighted by molar-refractivity contribution is 0.102. The first-order valence-electron chi connectivity index (χ1n) is 5.22. The number of carbonyl (C=O) groups is 1. The molecule has 2 nitrogen and oxygen atoms in total. The molecule has 2 rings (SSSR count). The largest absolute Gasteiger partial charge is 0.321 e. The van der Waals surface area contributed by atoms with Crippen molar-refractivity contribution in [1.29, 1.82) is 0 Å². The molecule has 0 spiro atoms. The highest BCUT2D eigenvalue weighted by Gasteiger charge is 2.12. The van der Waals surface area contributed by atoms with Gasteiger partial charge in [0.05, 0.1) is 21.3 Å².